The Hall–Kier alpha value is -0.760. The van der Waals surface area contributed by atoms with Gasteiger partial charge in [0.25, 0.3) is 0 Å². The molecule has 0 aliphatic heterocycles. The second-order valence-corrected chi connectivity index (χ2v) is 2.83. The number of aliphatic hydroxyl groups is 1. The lowest BCUT2D eigenvalue weighted by Crippen LogP contribution is -2.03. The third-order valence-corrected chi connectivity index (χ3v) is 1.60. The van der Waals surface area contributed by atoms with E-state index < -0.39 is 0 Å². The first-order valence-electron chi connectivity index (χ1n) is 3.52. The maximum atomic E-state index is 9.47. The molecule has 56 valence electrons. The Bertz CT molecular complexity index is 179. The van der Waals surface area contributed by atoms with Gasteiger partial charge in [-0.2, -0.15) is 0 Å². The fraction of sp³-hybridized carbons (Fsp3) is 0.500. The van der Waals surface area contributed by atoms with Crippen molar-refractivity contribution in [2.75, 3.05) is 0 Å². The molecule has 2 nitrogen and oxygen atoms in total. The Balaban J connectivity index is 2.68. The zero-order valence-corrected chi connectivity index (χ0v) is 6.33. The monoisotopic (exact) mass is 139 g/mol. The molecule has 1 unspecified atom stereocenters. The fourth-order valence-corrected chi connectivity index (χ4v) is 0.906. The molecule has 0 saturated carbocycles. The van der Waals surface area contributed by atoms with Crippen LogP contribution in [0.5, 0.6) is 0 Å². The molecule has 0 saturated heterocycles. The first kappa shape index (κ1) is 7.35. The van der Waals surface area contributed by atoms with Gasteiger partial charge in [-0.25, -0.2) is 0 Å². The highest BCUT2D eigenvalue weighted by atomic mass is 16.3. The molecule has 1 aromatic heterocycles. The summed E-state index contributed by atoms with van der Waals surface area (Å²) in [6, 6.07) is 1.89. The molecule has 0 aliphatic carbocycles. The van der Waals surface area contributed by atoms with Gasteiger partial charge >= 0.3 is 0 Å². The van der Waals surface area contributed by atoms with Crippen molar-refractivity contribution in [3.63, 3.8) is 0 Å². The molecule has 0 amide bonds. The summed E-state index contributed by atoms with van der Waals surface area (Å²) in [6.07, 6.45) is 3.32. The summed E-state index contributed by atoms with van der Waals surface area (Å²) in [7, 11) is 0. The van der Waals surface area contributed by atoms with Gasteiger partial charge in [-0.05, 0) is 17.5 Å². The van der Waals surface area contributed by atoms with Crippen LogP contribution in [0.1, 0.15) is 25.5 Å². The summed E-state index contributed by atoms with van der Waals surface area (Å²) >= 11 is 0. The molecule has 2 N–H and O–H groups in total. The van der Waals surface area contributed by atoms with Crippen molar-refractivity contribution < 1.29 is 5.11 Å². The molecule has 0 spiro atoms. The lowest BCUT2D eigenvalue weighted by atomic mass is 10.0. The Kier molecular flexibility index (Phi) is 2.12. The lowest BCUT2D eigenvalue weighted by molar-refractivity contribution is 0.127. The average molecular weight is 139 g/mol. The normalized spacial score (nSPS) is 14.0. The summed E-state index contributed by atoms with van der Waals surface area (Å²) in [4.78, 5) is 2.91. The van der Waals surface area contributed by atoms with E-state index in [4.69, 9.17) is 0 Å². The highest BCUT2D eigenvalue weighted by Crippen LogP contribution is 2.19. The van der Waals surface area contributed by atoms with Crippen LogP contribution in [-0.2, 0) is 0 Å². The molecule has 0 aromatic carbocycles. The summed E-state index contributed by atoms with van der Waals surface area (Å²) in [6.45, 7) is 4.00. The topological polar surface area (TPSA) is 36.0 Å². The first-order chi connectivity index (χ1) is 4.72. The molecular weight excluding hydrogens is 126 g/mol. The molecule has 1 atom stereocenters. The van der Waals surface area contributed by atoms with Crippen LogP contribution in [0.3, 0.4) is 0 Å². The van der Waals surface area contributed by atoms with Crippen LogP contribution >= 0.6 is 0 Å². The molecule has 2 heteroatoms. The Labute approximate surface area is 60.9 Å². The van der Waals surface area contributed by atoms with E-state index in [1.165, 1.54) is 0 Å². The van der Waals surface area contributed by atoms with Crippen LogP contribution in [0.15, 0.2) is 18.5 Å². The third kappa shape index (κ3) is 1.39. The molecule has 0 radical (unpaired) electrons. The molecule has 0 bridgehead atoms. The van der Waals surface area contributed by atoms with Crippen LogP contribution in [0.25, 0.3) is 0 Å². The van der Waals surface area contributed by atoms with Crippen molar-refractivity contribution in [3.05, 3.63) is 24.0 Å². The number of nitrogens with one attached hydrogen (secondary N) is 1. The van der Waals surface area contributed by atoms with Crippen molar-refractivity contribution in [2.24, 2.45) is 5.92 Å². The van der Waals surface area contributed by atoms with E-state index in [1.807, 2.05) is 32.3 Å². The second kappa shape index (κ2) is 2.88. The maximum Gasteiger partial charge on any atom is 0.0827 e. The number of rotatable bonds is 2. The largest absolute Gasteiger partial charge is 0.388 e. The summed E-state index contributed by atoms with van der Waals surface area (Å²) in [5.41, 5.74) is 0.968. The highest BCUT2D eigenvalue weighted by molar-refractivity contribution is 5.11. The van der Waals surface area contributed by atoms with Crippen LogP contribution in [-0.4, -0.2) is 10.1 Å². The van der Waals surface area contributed by atoms with Gasteiger partial charge in [-0.3, -0.25) is 0 Å². The molecule has 1 heterocycles. The van der Waals surface area contributed by atoms with E-state index >= 15 is 0 Å². The van der Waals surface area contributed by atoms with Crippen molar-refractivity contribution in [3.8, 4) is 0 Å². The van der Waals surface area contributed by atoms with Crippen LogP contribution in [0.4, 0.5) is 0 Å². The minimum Gasteiger partial charge on any atom is -0.388 e. The summed E-state index contributed by atoms with van der Waals surface area (Å²) < 4.78 is 0. The third-order valence-electron chi connectivity index (χ3n) is 1.60. The van der Waals surface area contributed by atoms with Crippen molar-refractivity contribution in [1.82, 2.24) is 4.98 Å². The molecular formula is C8H13NO. The van der Waals surface area contributed by atoms with Crippen molar-refractivity contribution >= 4 is 0 Å². The van der Waals surface area contributed by atoms with Gasteiger partial charge in [-0.15, -0.1) is 0 Å². The number of aliphatic hydroxyl groups excluding tert-OH is 1. The van der Waals surface area contributed by atoms with Gasteiger partial charge in [0.15, 0.2) is 0 Å². The zero-order chi connectivity index (χ0) is 7.56. The van der Waals surface area contributed by atoms with E-state index in [0.717, 1.165) is 5.56 Å². The number of H-pyrrole nitrogens is 1. The Morgan fingerprint density at radius 1 is 1.50 bits per heavy atom. The van der Waals surface area contributed by atoms with Crippen LogP contribution in [0.2, 0.25) is 0 Å². The minimum atomic E-state index is -0.328. The standard InChI is InChI=1S/C8H13NO/c1-6(2)8(10)7-3-4-9-5-7/h3-6,8-10H,1-2H3. The van der Waals surface area contributed by atoms with Crippen LogP contribution < -0.4 is 0 Å². The average Bonchev–Trinajstić information content (AvgIpc) is 2.36. The number of hydrogen-bond acceptors (Lipinski definition) is 1. The van der Waals surface area contributed by atoms with E-state index in [-0.39, 0.29) is 12.0 Å². The highest BCUT2D eigenvalue weighted by Gasteiger charge is 2.10. The quantitative estimate of drug-likeness (QED) is 0.642. The number of aromatic amines is 1. The number of aromatic nitrogens is 1. The van der Waals surface area contributed by atoms with Gasteiger partial charge < -0.3 is 10.1 Å². The maximum absolute atomic E-state index is 9.47. The molecule has 0 fully saturated rings. The summed E-state index contributed by atoms with van der Waals surface area (Å²) in [5, 5.41) is 9.47. The SMILES string of the molecule is CC(C)C(O)c1cc[nH]c1. The van der Waals surface area contributed by atoms with Gasteiger partial charge in [0, 0.05) is 12.4 Å². The molecule has 1 rings (SSSR count). The van der Waals surface area contributed by atoms with Gasteiger partial charge in [0.2, 0.25) is 0 Å². The predicted octanol–water partition coefficient (Wildman–Crippen LogP) is 1.70. The summed E-state index contributed by atoms with van der Waals surface area (Å²) in [5.74, 6) is 0.288. The van der Waals surface area contributed by atoms with Crippen LogP contribution in [0, 0.1) is 5.92 Å². The lowest BCUT2D eigenvalue weighted by Gasteiger charge is -2.11. The van der Waals surface area contributed by atoms with Gasteiger partial charge in [0.1, 0.15) is 0 Å². The minimum absolute atomic E-state index is 0.288. The zero-order valence-electron chi connectivity index (χ0n) is 6.33. The molecule has 10 heavy (non-hydrogen) atoms. The van der Waals surface area contributed by atoms with Crippen molar-refractivity contribution in [1.29, 1.82) is 0 Å². The Morgan fingerprint density at radius 3 is 2.60 bits per heavy atom. The van der Waals surface area contributed by atoms with E-state index in [0.29, 0.717) is 0 Å². The fourth-order valence-electron chi connectivity index (χ4n) is 0.906. The number of hydrogen-bond donors (Lipinski definition) is 2. The van der Waals surface area contributed by atoms with E-state index in [9.17, 15) is 5.11 Å². The van der Waals surface area contributed by atoms with Gasteiger partial charge in [-0.1, -0.05) is 13.8 Å². The second-order valence-electron chi connectivity index (χ2n) is 2.83. The molecule has 0 aliphatic rings. The van der Waals surface area contributed by atoms with E-state index in [2.05, 4.69) is 4.98 Å². The first-order valence-corrected chi connectivity index (χ1v) is 3.52. The Morgan fingerprint density at radius 2 is 2.20 bits per heavy atom. The van der Waals surface area contributed by atoms with Gasteiger partial charge in [0.05, 0.1) is 6.10 Å². The molecule has 1 aromatic rings. The van der Waals surface area contributed by atoms with E-state index in [1.54, 1.807) is 0 Å². The van der Waals surface area contributed by atoms with Crippen molar-refractivity contribution in [2.45, 2.75) is 20.0 Å². The predicted molar refractivity (Wildman–Crippen MR) is 40.6 cm³/mol. The smallest absolute Gasteiger partial charge is 0.0827 e.